The van der Waals surface area contributed by atoms with E-state index in [1.54, 1.807) is 11.2 Å². The van der Waals surface area contributed by atoms with Crippen molar-refractivity contribution >= 4 is 12.3 Å². The van der Waals surface area contributed by atoms with Crippen molar-refractivity contribution in [1.82, 2.24) is 5.01 Å². The Morgan fingerprint density at radius 3 is 2.65 bits per heavy atom. The van der Waals surface area contributed by atoms with Crippen LogP contribution in [0.2, 0.25) is 0 Å². The van der Waals surface area contributed by atoms with Gasteiger partial charge in [-0.2, -0.15) is 5.10 Å². The van der Waals surface area contributed by atoms with E-state index < -0.39 is 0 Å². The lowest BCUT2D eigenvalue weighted by molar-refractivity contribution is -0.918. The van der Waals surface area contributed by atoms with Gasteiger partial charge in [-0.25, -0.2) is 0 Å². The molecule has 0 unspecified atom stereocenters. The third kappa shape index (κ3) is 4.83. The highest BCUT2D eigenvalue weighted by molar-refractivity contribution is 5.77. The number of quaternary nitrogens is 1. The predicted octanol–water partition coefficient (Wildman–Crippen LogP) is 1.99. The van der Waals surface area contributed by atoms with E-state index in [2.05, 4.69) is 41.3 Å². The Balaban J connectivity index is 1.42. The summed E-state index contributed by atoms with van der Waals surface area (Å²) in [7, 11) is 0. The van der Waals surface area contributed by atoms with E-state index in [1.807, 2.05) is 30.5 Å². The van der Waals surface area contributed by atoms with Crippen molar-refractivity contribution in [3.05, 3.63) is 65.6 Å². The molecule has 1 N–H and O–H groups in total. The normalized spacial score (nSPS) is 16.7. The second kappa shape index (κ2) is 7.79. The van der Waals surface area contributed by atoms with Crippen molar-refractivity contribution in [2.24, 2.45) is 5.10 Å². The Morgan fingerprint density at radius 1 is 1.17 bits per heavy atom. The highest BCUT2D eigenvalue weighted by atomic mass is 16.3. The molecule has 0 bridgehead atoms. The van der Waals surface area contributed by atoms with Gasteiger partial charge < -0.3 is 9.32 Å². The van der Waals surface area contributed by atoms with Gasteiger partial charge in [-0.15, -0.1) is 0 Å². The molecule has 1 fully saturated rings. The van der Waals surface area contributed by atoms with Crippen molar-refractivity contribution in [3.63, 3.8) is 0 Å². The zero-order chi connectivity index (χ0) is 15.9. The Morgan fingerprint density at radius 2 is 1.96 bits per heavy atom. The summed E-state index contributed by atoms with van der Waals surface area (Å²) in [5.41, 5.74) is 2.74. The van der Waals surface area contributed by atoms with Crippen LogP contribution in [0.3, 0.4) is 0 Å². The molecule has 120 valence electrons. The Hall–Kier alpha value is -2.33. The fourth-order valence-electron chi connectivity index (χ4n) is 2.75. The lowest BCUT2D eigenvalue weighted by Gasteiger charge is -2.30. The molecule has 3 rings (SSSR count). The first-order chi connectivity index (χ1) is 11.3. The average Bonchev–Trinajstić information content (AvgIpc) is 3.09. The molecule has 1 aromatic carbocycles. The molecule has 1 aliphatic rings. The lowest BCUT2D eigenvalue weighted by atomic mass is 10.1. The molecule has 0 aliphatic carbocycles. The van der Waals surface area contributed by atoms with Gasteiger partial charge in [0.25, 0.3) is 0 Å². The zero-order valence-electron chi connectivity index (χ0n) is 13.6. The summed E-state index contributed by atoms with van der Waals surface area (Å²) in [4.78, 5) is 1.63. The third-order valence-corrected chi connectivity index (χ3v) is 4.14. The largest absolute Gasteiger partial charge is 0.465 e. The van der Waals surface area contributed by atoms with Crippen LogP contribution in [0.4, 0.5) is 0 Å². The smallest absolute Gasteiger partial charge is 0.126 e. The Bertz CT molecular complexity index is 636. The third-order valence-electron chi connectivity index (χ3n) is 4.14. The molecule has 4 heteroatoms. The highest BCUT2D eigenvalue weighted by Gasteiger charge is 2.18. The summed E-state index contributed by atoms with van der Waals surface area (Å²) < 4.78 is 5.24. The van der Waals surface area contributed by atoms with Crippen LogP contribution in [0.1, 0.15) is 16.9 Å². The van der Waals surface area contributed by atoms with Gasteiger partial charge in [0.2, 0.25) is 0 Å². The number of piperazine rings is 1. The molecule has 0 spiro atoms. The monoisotopic (exact) mass is 310 g/mol. The molecule has 0 atom stereocenters. The van der Waals surface area contributed by atoms with Gasteiger partial charge in [-0.1, -0.05) is 29.8 Å². The number of aryl methyl sites for hydroxylation is 1. The average molecular weight is 310 g/mol. The molecule has 1 aromatic heterocycles. The summed E-state index contributed by atoms with van der Waals surface area (Å²) in [6.07, 6.45) is 7.35. The number of nitrogens with zero attached hydrogens (tertiary/aromatic N) is 2. The Labute approximate surface area is 137 Å². The van der Waals surface area contributed by atoms with Crippen LogP contribution in [-0.4, -0.2) is 37.4 Å². The van der Waals surface area contributed by atoms with Gasteiger partial charge in [0.1, 0.15) is 12.3 Å². The van der Waals surface area contributed by atoms with Gasteiger partial charge in [-0.05, 0) is 31.2 Å². The number of hydrogen-bond donors (Lipinski definition) is 1. The van der Waals surface area contributed by atoms with Crippen LogP contribution >= 0.6 is 0 Å². The fourth-order valence-corrected chi connectivity index (χ4v) is 2.75. The van der Waals surface area contributed by atoms with Crippen LogP contribution in [0.15, 0.2) is 58.3 Å². The first-order valence-electron chi connectivity index (χ1n) is 8.18. The van der Waals surface area contributed by atoms with Crippen molar-refractivity contribution in [3.8, 4) is 0 Å². The number of benzene rings is 1. The SMILES string of the molecule is Cc1ccc(C[NH+]2CCN(/N=C\C=C/c3ccco3)CC2)cc1. The molecular formula is C19H24N3O+. The molecule has 1 aliphatic heterocycles. The van der Waals surface area contributed by atoms with Gasteiger partial charge in [0.05, 0.1) is 32.4 Å². The van der Waals surface area contributed by atoms with E-state index in [0.717, 1.165) is 38.5 Å². The van der Waals surface area contributed by atoms with Crippen LogP contribution in [-0.2, 0) is 6.54 Å². The van der Waals surface area contributed by atoms with Crippen molar-refractivity contribution in [1.29, 1.82) is 0 Å². The van der Waals surface area contributed by atoms with Gasteiger partial charge in [0.15, 0.2) is 0 Å². The van der Waals surface area contributed by atoms with Crippen LogP contribution in [0.25, 0.3) is 6.08 Å². The predicted molar refractivity (Wildman–Crippen MR) is 93.4 cm³/mol. The standard InChI is InChI=1S/C19H23N3O/c1-17-6-8-18(9-7-17)16-21-11-13-22(14-12-21)20-10-2-4-19-5-3-15-23-19/h2-10,15H,11-14,16H2,1H3/p+1/b4-2-,20-10-. The van der Waals surface area contributed by atoms with Gasteiger partial charge in [0, 0.05) is 11.8 Å². The number of hydrogen-bond acceptors (Lipinski definition) is 3. The van der Waals surface area contributed by atoms with E-state index in [-0.39, 0.29) is 0 Å². The molecular weight excluding hydrogens is 286 g/mol. The summed E-state index contributed by atoms with van der Waals surface area (Å²) >= 11 is 0. The maximum Gasteiger partial charge on any atom is 0.126 e. The number of nitrogens with one attached hydrogen (secondary N) is 1. The molecule has 0 amide bonds. The van der Waals surface area contributed by atoms with Crippen LogP contribution in [0, 0.1) is 6.92 Å². The first kappa shape index (κ1) is 15.6. The molecule has 0 saturated carbocycles. The highest BCUT2D eigenvalue weighted by Crippen LogP contribution is 2.02. The number of rotatable bonds is 5. The molecule has 2 aromatic rings. The van der Waals surface area contributed by atoms with Gasteiger partial charge in [-0.3, -0.25) is 5.01 Å². The number of furan rings is 1. The molecule has 2 heterocycles. The molecule has 0 radical (unpaired) electrons. The number of allylic oxidation sites excluding steroid dienone is 1. The second-order valence-electron chi connectivity index (χ2n) is 6.01. The summed E-state index contributed by atoms with van der Waals surface area (Å²) in [6.45, 7) is 7.52. The lowest BCUT2D eigenvalue weighted by Crippen LogP contribution is -3.13. The van der Waals surface area contributed by atoms with E-state index in [4.69, 9.17) is 4.42 Å². The van der Waals surface area contributed by atoms with Crippen LogP contribution < -0.4 is 4.90 Å². The Kier molecular flexibility index (Phi) is 5.27. The van der Waals surface area contributed by atoms with E-state index in [9.17, 15) is 0 Å². The van der Waals surface area contributed by atoms with Crippen LogP contribution in [0.5, 0.6) is 0 Å². The van der Waals surface area contributed by atoms with Gasteiger partial charge >= 0.3 is 0 Å². The maximum absolute atomic E-state index is 5.24. The quantitative estimate of drug-likeness (QED) is 0.857. The van der Waals surface area contributed by atoms with Crippen molar-refractivity contribution in [2.45, 2.75) is 13.5 Å². The van der Waals surface area contributed by atoms with E-state index in [1.165, 1.54) is 11.1 Å². The minimum Gasteiger partial charge on any atom is -0.465 e. The zero-order valence-corrected chi connectivity index (χ0v) is 13.6. The van der Waals surface area contributed by atoms with Crippen molar-refractivity contribution in [2.75, 3.05) is 26.2 Å². The summed E-state index contributed by atoms with van der Waals surface area (Å²) in [5, 5.41) is 6.65. The van der Waals surface area contributed by atoms with Crippen molar-refractivity contribution < 1.29 is 9.32 Å². The minimum atomic E-state index is 0.851. The van der Waals surface area contributed by atoms with E-state index in [0.29, 0.717) is 0 Å². The summed E-state index contributed by atoms with van der Waals surface area (Å²) in [5.74, 6) is 0.851. The molecule has 23 heavy (non-hydrogen) atoms. The minimum absolute atomic E-state index is 0.851. The fraction of sp³-hybridized carbons (Fsp3) is 0.316. The molecule has 1 saturated heterocycles. The summed E-state index contributed by atoms with van der Waals surface area (Å²) in [6, 6.07) is 12.7. The number of hydrazone groups is 1. The van der Waals surface area contributed by atoms with E-state index >= 15 is 0 Å². The topological polar surface area (TPSA) is 33.2 Å². The second-order valence-corrected chi connectivity index (χ2v) is 6.01. The first-order valence-corrected chi connectivity index (χ1v) is 8.18. The molecule has 4 nitrogen and oxygen atoms in total. The maximum atomic E-state index is 5.24.